The molecule has 1 heterocycles. The van der Waals surface area contributed by atoms with Gasteiger partial charge in [0.25, 0.3) is 0 Å². The monoisotopic (exact) mass is 217 g/mol. The number of benzene rings is 1. The van der Waals surface area contributed by atoms with Crippen molar-refractivity contribution in [1.82, 2.24) is 9.88 Å². The van der Waals surface area contributed by atoms with E-state index in [1.165, 1.54) is 0 Å². The molecule has 0 saturated carbocycles. The fraction of sp³-hybridized carbons (Fsp3) is 0.250. The lowest BCUT2D eigenvalue weighted by Crippen LogP contribution is -2.19. The minimum atomic E-state index is 0.0531. The first-order valence-electron chi connectivity index (χ1n) is 5.25. The van der Waals surface area contributed by atoms with Crippen LogP contribution >= 0.6 is 0 Å². The van der Waals surface area contributed by atoms with E-state index in [9.17, 15) is 4.79 Å². The highest BCUT2D eigenvalue weighted by Gasteiger charge is 2.03. The van der Waals surface area contributed by atoms with Crippen LogP contribution in [-0.4, -0.2) is 17.5 Å². The Bertz CT molecular complexity index is 516. The van der Waals surface area contributed by atoms with Gasteiger partial charge in [0.05, 0.1) is 0 Å². The molecular formula is C12H15N3O. The second kappa shape index (κ2) is 4.26. The number of amides is 1. The third kappa shape index (κ3) is 2.00. The van der Waals surface area contributed by atoms with Crippen molar-refractivity contribution in [3.63, 3.8) is 0 Å². The van der Waals surface area contributed by atoms with Crippen molar-refractivity contribution >= 4 is 22.5 Å². The first-order chi connectivity index (χ1) is 7.70. The first-order valence-corrected chi connectivity index (χ1v) is 5.25. The molecule has 0 unspecified atom stereocenters. The molecule has 2 rings (SSSR count). The van der Waals surface area contributed by atoms with E-state index < -0.39 is 0 Å². The summed E-state index contributed by atoms with van der Waals surface area (Å²) in [5, 5.41) is 3.72. The van der Waals surface area contributed by atoms with Gasteiger partial charge in [-0.05, 0) is 24.3 Å². The summed E-state index contributed by atoms with van der Waals surface area (Å²) in [6.07, 6.45) is 2.47. The second-order valence-electron chi connectivity index (χ2n) is 3.75. The van der Waals surface area contributed by atoms with Crippen molar-refractivity contribution in [3.05, 3.63) is 30.5 Å². The van der Waals surface area contributed by atoms with E-state index in [2.05, 4.69) is 9.88 Å². The lowest BCUT2D eigenvalue weighted by atomic mass is 10.2. The minimum absolute atomic E-state index is 0.0531. The Kier molecular flexibility index (Phi) is 2.81. The fourth-order valence-corrected chi connectivity index (χ4v) is 1.76. The molecule has 0 saturated heterocycles. The fourth-order valence-electron chi connectivity index (χ4n) is 1.76. The predicted octanol–water partition coefficient (Wildman–Crippen LogP) is 1.36. The molecule has 4 nitrogen and oxygen atoms in total. The molecule has 2 aromatic rings. The lowest BCUT2D eigenvalue weighted by Gasteiger charge is -2.04. The summed E-state index contributed by atoms with van der Waals surface area (Å²) >= 11 is 0. The van der Waals surface area contributed by atoms with E-state index in [1.54, 1.807) is 7.05 Å². The number of carbonyl (C=O) groups excluding carboxylic acids is 1. The molecule has 1 aromatic heterocycles. The van der Waals surface area contributed by atoms with Crippen LogP contribution in [0.3, 0.4) is 0 Å². The number of aromatic nitrogens is 1. The molecule has 0 aliphatic rings. The molecule has 1 aromatic carbocycles. The third-order valence-electron chi connectivity index (χ3n) is 2.65. The Hall–Kier alpha value is -1.97. The number of nitrogen functional groups attached to an aromatic ring is 1. The maximum Gasteiger partial charge on any atom is 0.221 e. The molecule has 0 radical (unpaired) electrons. The lowest BCUT2D eigenvalue weighted by molar-refractivity contribution is -0.120. The average molecular weight is 217 g/mol. The summed E-state index contributed by atoms with van der Waals surface area (Å²) < 4.78 is 2.06. The van der Waals surface area contributed by atoms with Gasteiger partial charge in [0.15, 0.2) is 0 Å². The van der Waals surface area contributed by atoms with Gasteiger partial charge in [-0.1, -0.05) is 0 Å². The van der Waals surface area contributed by atoms with Crippen molar-refractivity contribution in [2.24, 2.45) is 0 Å². The highest BCUT2D eigenvalue weighted by molar-refractivity contribution is 5.83. The van der Waals surface area contributed by atoms with Crippen LogP contribution in [0.15, 0.2) is 30.5 Å². The van der Waals surface area contributed by atoms with Gasteiger partial charge in [0, 0.05) is 42.8 Å². The van der Waals surface area contributed by atoms with Crippen LogP contribution in [0.5, 0.6) is 0 Å². The van der Waals surface area contributed by atoms with Crippen molar-refractivity contribution in [2.45, 2.75) is 13.0 Å². The van der Waals surface area contributed by atoms with E-state index in [0.29, 0.717) is 13.0 Å². The maximum absolute atomic E-state index is 11.2. The zero-order valence-corrected chi connectivity index (χ0v) is 9.23. The molecule has 0 atom stereocenters. The zero-order valence-electron chi connectivity index (χ0n) is 9.23. The minimum Gasteiger partial charge on any atom is -0.399 e. The van der Waals surface area contributed by atoms with Gasteiger partial charge in [-0.15, -0.1) is 0 Å². The molecule has 3 N–H and O–H groups in total. The first kappa shape index (κ1) is 10.5. The third-order valence-corrected chi connectivity index (χ3v) is 2.65. The second-order valence-corrected chi connectivity index (χ2v) is 3.75. The summed E-state index contributed by atoms with van der Waals surface area (Å²) in [6, 6.07) is 7.80. The molecular weight excluding hydrogens is 202 g/mol. The van der Waals surface area contributed by atoms with Gasteiger partial charge < -0.3 is 15.6 Å². The number of hydrogen-bond donors (Lipinski definition) is 2. The maximum atomic E-state index is 11.2. The number of nitrogens with zero attached hydrogens (tertiary/aromatic N) is 1. The van der Waals surface area contributed by atoms with E-state index >= 15 is 0 Å². The SMILES string of the molecule is CNC(=O)CCn1ccc2cc(N)ccc21. The Morgan fingerprint density at radius 3 is 3.00 bits per heavy atom. The molecule has 1 amide bonds. The van der Waals surface area contributed by atoms with Crippen molar-refractivity contribution in [1.29, 1.82) is 0 Å². The van der Waals surface area contributed by atoms with Crippen molar-refractivity contribution in [3.8, 4) is 0 Å². The molecule has 16 heavy (non-hydrogen) atoms. The number of hydrogen-bond acceptors (Lipinski definition) is 2. The molecule has 84 valence electrons. The van der Waals surface area contributed by atoms with Crippen LogP contribution in [0.25, 0.3) is 10.9 Å². The standard InChI is InChI=1S/C12H15N3O/c1-14-12(16)5-7-15-6-4-9-8-10(13)2-3-11(9)15/h2-4,6,8H,5,7,13H2,1H3,(H,14,16). The van der Waals surface area contributed by atoms with Crippen molar-refractivity contribution in [2.75, 3.05) is 12.8 Å². The Morgan fingerprint density at radius 2 is 2.25 bits per heavy atom. The van der Waals surface area contributed by atoms with Crippen LogP contribution in [-0.2, 0) is 11.3 Å². The van der Waals surface area contributed by atoms with E-state index in [4.69, 9.17) is 5.73 Å². The summed E-state index contributed by atoms with van der Waals surface area (Å²) in [5.74, 6) is 0.0531. The number of carbonyl (C=O) groups is 1. The summed E-state index contributed by atoms with van der Waals surface area (Å²) in [5.41, 5.74) is 7.57. The van der Waals surface area contributed by atoms with Gasteiger partial charge in [0.1, 0.15) is 0 Å². The summed E-state index contributed by atoms with van der Waals surface area (Å²) in [6.45, 7) is 0.688. The van der Waals surface area contributed by atoms with Crippen LogP contribution < -0.4 is 11.1 Å². The topological polar surface area (TPSA) is 60.0 Å². The molecule has 0 aliphatic carbocycles. The average Bonchev–Trinajstić information content (AvgIpc) is 2.68. The molecule has 0 fully saturated rings. The molecule has 0 spiro atoms. The quantitative estimate of drug-likeness (QED) is 0.763. The number of aryl methyl sites for hydroxylation is 1. The summed E-state index contributed by atoms with van der Waals surface area (Å²) in [7, 11) is 1.65. The smallest absolute Gasteiger partial charge is 0.221 e. The van der Waals surface area contributed by atoms with Gasteiger partial charge in [-0.25, -0.2) is 0 Å². The Labute approximate surface area is 94.0 Å². The normalized spacial score (nSPS) is 10.6. The Morgan fingerprint density at radius 1 is 1.44 bits per heavy atom. The largest absolute Gasteiger partial charge is 0.399 e. The van der Waals surface area contributed by atoms with Crippen LogP contribution in [0.1, 0.15) is 6.42 Å². The highest BCUT2D eigenvalue weighted by atomic mass is 16.1. The highest BCUT2D eigenvalue weighted by Crippen LogP contribution is 2.18. The van der Waals surface area contributed by atoms with Crippen LogP contribution in [0.4, 0.5) is 5.69 Å². The van der Waals surface area contributed by atoms with Crippen LogP contribution in [0, 0.1) is 0 Å². The van der Waals surface area contributed by atoms with Gasteiger partial charge in [-0.2, -0.15) is 0 Å². The zero-order chi connectivity index (χ0) is 11.5. The number of rotatable bonds is 3. The van der Waals surface area contributed by atoms with Crippen LogP contribution in [0.2, 0.25) is 0 Å². The van der Waals surface area contributed by atoms with E-state index in [0.717, 1.165) is 16.6 Å². The molecule has 4 heteroatoms. The van der Waals surface area contributed by atoms with Gasteiger partial charge >= 0.3 is 0 Å². The number of nitrogens with one attached hydrogen (secondary N) is 1. The predicted molar refractivity (Wildman–Crippen MR) is 65.0 cm³/mol. The van der Waals surface area contributed by atoms with Gasteiger partial charge in [0.2, 0.25) is 5.91 Å². The Balaban J connectivity index is 2.22. The molecule has 0 aliphatic heterocycles. The van der Waals surface area contributed by atoms with Crippen molar-refractivity contribution < 1.29 is 4.79 Å². The van der Waals surface area contributed by atoms with E-state index in [-0.39, 0.29) is 5.91 Å². The number of anilines is 1. The van der Waals surface area contributed by atoms with Gasteiger partial charge in [-0.3, -0.25) is 4.79 Å². The van der Waals surface area contributed by atoms with E-state index in [1.807, 2.05) is 30.5 Å². The summed E-state index contributed by atoms with van der Waals surface area (Å²) in [4.78, 5) is 11.2. The number of fused-ring (bicyclic) bond motifs is 1. The molecule has 0 bridgehead atoms. The number of nitrogens with two attached hydrogens (primary N) is 1.